The van der Waals surface area contributed by atoms with Gasteiger partial charge >= 0.3 is 5.97 Å². The zero-order chi connectivity index (χ0) is 14.7. The van der Waals surface area contributed by atoms with Crippen LogP contribution < -0.4 is 0 Å². The highest BCUT2D eigenvalue weighted by atomic mass is 32.2. The first-order valence-electron chi connectivity index (χ1n) is 5.99. The first-order valence-corrected chi connectivity index (χ1v) is 9.31. The molecule has 19 heavy (non-hydrogen) atoms. The number of rotatable bonds is 6. The van der Waals surface area contributed by atoms with Gasteiger partial charge in [-0.05, 0) is 12.8 Å². The van der Waals surface area contributed by atoms with Crippen molar-refractivity contribution in [3.05, 3.63) is 0 Å². The molecule has 0 bridgehead atoms. The third-order valence-corrected chi connectivity index (χ3v) is 7.23. The summed E-state index contributed by atoms with van der Waals surface area (Å²) in [4.78, 5) is 11.2. The summed E-state index contributed by atoms with van der Waals surface area (Å²) in [6, 6.07) is 0. The van der Waals surface area contributed by atoms with Crippen molar-refractivity contribution in [2.24, 2.45) is 0 Å². The molecule has 7 nitrogen and oxygen atoms in total. The summed E-state index contributed by atoms with van der Waals surface area (Å²) in [6.07, 6.45) is 0.627. The molecule has 1 atom stereocenters. The van der Waals surface area contributed by atoms with E-state index in [1.165, 1.54) is 7.11 Å². The van der Waals surface area contributed by atoms with Crippen molar-refractivity contribution in [3.8, 4) is 0 Å². The second kappa shape index (κ2) is 6.19. The summed E-state index contributed by atoms with van der Waals surface area (Å²) < 4.78 is 52.9. The molecule has 9 heteroatoms. The smallest absolute Gasteiger partial charge is 0.321 e. The SMILES string of the molecule is CCCN(CC(=O)OC)S(=O)(=O)C1CCS(=O)(=O)C1. The molecular formula is C10H19NO6S2. The van der Waals surface area contributed by atoms with Gasteiger partial charge in [-0.25, -0.2) is 16.8 Å². The summed E-state index contributed by atoms with van der Waals surface area (Å²) in [7, 11) is -5.89. The van der Waals surface area contributed by atoms with Gasteiger partial charge in [-0.2, -0.15) is 4.31 Å². The molecule has 0 aliphatic carbocycles. The Morgan fingerprint density at radius 2 is 2.05 bits per heavy atom. The molecule has 0 amide bonds. The van der Waals surface area contributed by atoms with Gasteiger partial charge in [0.25, 0.3) is 0 Å². The highest BCUT2D eigenvalue weighted by Gasteiger charge is 2.40. The van der Waals surface area contributed by atoms with Crippen LogP contribution in [0.5, 0.6) is 0 Å². The van der Waals surface area contributed by atoms with Gasteiger partial charge in [-0.1, -0.05) is 6.92 Å². The van der Waals surface area contributed by atoms with E-state index in [9.17, 15) is 21.6 Å². The van der Waals surface area contributed by atoms with Crippen LogP contribution in [0, 0.1) is 0 Å². The van der Waals surface area contributed by atoms with Gasteiger partial charge in [-0.3, -0.25) is 4.79 Å². The molecule has 1 fully saturated rings. The molecule has 1 aliphatic rings. The maximum atomic E-state index is 12.3. The van der Waals surface area contributed by atoms with E-state index in [4.69, 9.17) is 0 Å². The number of esters is 1. The summed E-state index contributed by atoms with van der Waals surface area (Å²) in [5.74, 6) is -1.14. The molecule has 1 heterocycles. The lowest BCUT2D eigenvalue weighted by atomic mass is 10.4. The molecule has 0 aromatic heterocycles. The minimum Gasteiger partial charge on any atom is -0.468 e. The molecule has 0 radical (unpaired) electrons. The molecule has 1 rings (SSSR count). The lowest BCUT2D eigenvalue weighted by Gasteiger charge is -2.23. The van der Waals surface area contributed by atoms with Gasteiger partial charge in [0.05, 0.1) is 23.9 Å². The first-order chi connectivity index (χ1) is 8.73. The van der Waals surface area contributed by atoms with Crippen molar-refractivity contribution in [2.75, 3.05) is 31.7 Å². The highest BCUT2D eigenvalue weighted by molar-refractivity contribution is 7.95. The van der Waals surface area contributed by atoms with Crippen LogP contribution in [0.3, 0.4) is 0 Å². The predicted molar refractivity (Wildman–Crippen MR) is 69.9 cm³/mol. The second-order valence-electron chi connectivity index (χ2n) is 4.48. The zero-order valence-electron chi connectivity index (χ0n) is 11.0. The Bertz CT molecular complexity index is 524. The van der Waals surface area contributed by atoms with E-state index < -0.39 is 31.1 Å². The third kappa shape index (κ3) is 4.15. The Morgan fingerprint density at radius 1 is 1.42 bits per heavy atom. The molecule has 1 saturated heterocycles. The Hall–Kier alpha value is -0.670. The maximum absolute atomic E-state index is 12.3. The number of nitrogens with zero attached hydrogens (tertiary/aromatic N) is 1. The molecule has 0 aromatic rings. The van der Waals surface area contributed by atoms with Crippen molar-refractivity contribution in [1.29, 1.82) is 0 Å². The topological polar surface area (TPSA) is 97.8 Å². The minimum atomic E-state index is -3.79. The molecule has 0 saturated carbocycles. The largest absolute Gasteiger partial charge is 0.468 e. The molecule has 112 valence electrons. The maximum Gasteiger partial charge on any atom is 0.321 e. The quantitative estimate of drug-likeness (QED) is 0.607. The van der Waals surface area contributed by atoms with Crippen LogP contribution in [0.25, 0.3) is 0 Å². The van der Waals surface area contributed by atoms with Gasteiger partial charge in [0.2, 0.25) is 10.0 Å². The van der Waals surface area contributed by atoms with E-state index in [1.807, 2.05) is 0 Å². The normalized spacial score (nSPS) is 22.6. The van der Waals surface area contributed by atoms with Crippen LogP contribution in [-0.2, 0) is 29.4 Å². The van der Waals surface area contributed by atoms with Crippen LogP contribution in [0.2, 0.25) is 0 Å². The summed E-state index contributed by atoms with van der Waals surface area (Å²) in [5.41, 5.74) is 0. The van der Waals surface area contributed by atoms with E-state index >= 15 is 0 Å². The van der Waals surface area contributed by atoms with Crippen molar-refractivity contribution in [2.45, 2.75) is 25.0 Å². The Balaban J connectivity index is 2.90. The first kappa shape index (κ1) is 16.4. The average molecular weight is 313 g/mol. The van der Waals surface area contributed by atoms with Crippen LogP contribution >= 0.6 is 0 Å². The number of hydrogen-bond donors (Lipinski definition) is 0. The molecule has 1 aliphatic heterocycles. The number of methoxy groups -OCH3 is 1. The van der Waals surface area contributed by atoms with E-state index in [0.717, 1.165) is 4.31 Å². The van der Waals surface area contributed by atoms with Gasteiger partial charge < -0.3 is 4.74 Å². The fraction of sp³-hybridized carbons (Fsp3) is 0.900. The Kier molecular flexibility index (Phi) is 5.34. The van der Waals surface area contributed by atoms with E-state index in [0.29, 0.717) is 6.42 Å². The standard InChI is InChI=1S/C10H19NO6S2/c1-3-5-11(7-10(12)17-2)19(15,16)9-4-6-18(13,14)8-9/h9H,3-8H2,1-2H3. The summed E-state index contributed by atoms with van der Waals surface area (Å²) >= 11 is 0. The number of sulfone groups is 1. The zero-order valence-corrected chi connectivity index (χ0v) is 12.7. The number of ether oxygens (including phenoxy) is 1. The lowest BCUT2D eigenvalue weighted by Crippen LogP contribution is -2.42. The van der Waals surface area contributed by atoms with E-state index in [1.54, 1.807) is 6.92 Å². The van der Waals surface area contributed by atoms with Crippen LogP contribution in [0.15, 0.2) is 0 Å². The van der Waals surface area contributed by atoms with Gasteiger partial charge in [0.1, 0.15) is 6.54 Å². The van der Waals surface area contributed by atoms with E-state index in [-0.39, 0.29) is 31.0 Å². The van der Waals surface area contributed by atoms with E-state index in [2.05, 4.69) is 4.74 Å². The minimum absolute atomic E-state index is 0.0893. The van der Waals surface area contributed by atoms with Gasteiger partial charge in [-0.15, -0.1) is 0 Å². The van der Waals surface area contributed by atoms with Crippen molar-refractivity contribution >= 4 is 25.8 Å². The summed E-state index contributed by atoms with van der Waals surface area (Å²) in [5, 5.41) is -0.950. The monoisotopic (exact) mass is 313 g/mol. The number of carbonyl (C=O) groups excluding carboxylic acids is 1. The van der Waals surface area contributed by atoms with Crippen molar-refractivity contribution in [1.82, 2.24) is 4.31 Å². The number of sulfonamides is 1. The van der Waals surface area contributed by atoms with Gasteiger partial charge in [0, 0.05) is 6.54 Å². The fourth-order valence-electron chi connectivity index (χ4n) is 1.96. The lowest BCUT2D eigenvalue weighted by molar-refractivity contribution is -0.140. The fourth-order valence-corrected chi connectivity index (χ4v) is 6.52. The molecule has 0 N–H and O–H groups in total. The average Bonchev–Trinajstić information content (AvgIpc) is 2.69. The van der Waals surface area contributed by atoms with Crippen molar-refractivity contribution in [3.63, 3.8) is 0 Å². The Morgan fingerprint density at radius 3 is 2.47 bits per heavy atom. The molecular weight excluding hydrogens is 294 g/mol. The van der Waals surface area contributed by atoms with Crippen molar-refractivity contribution < 1.29 is 26.4 Å². The van der Waals surface area contributed by atoms with Crippen LogP contribution in [-0.4, -0.2) is 64.1 Å². The number of hydrogen-bond acceptors (Lipinski definition) is 6. The Labute approximate surface area is 113 Å². The highest BCUT2D eigenvalue weighted by Crippen LogP contribution is 2.22. The number of carbonyl (C=O) groups is 1. The van der Waals surface area contributed by atoms with Gasteiger partial charge in [0.15, 0.2) is 9.84 Å². The molecule has 0 aromatic carbocycles. The molecule has 0 spiro atoms. The van der Waals surface area contributed by atoms with Crippen LogP contribution in [0.1, 0.15) is 19.8 Å². The predicted octanol–water partition coefficient (Wildman–Crippen LogP) is -0.612. The summed E-state index contributed by atoms with van der Waals surface area (Å²) in [6.45, 7) is 1.59. The second-order valence-corrected chi connectivity index (χ2v) is 8.92. The third-order valence-electron chi connectivity index (χ3n) is 2.98. The molecule has 1 unspecified atom stereocenters. The van der Waals surface area contributed by atoms with Crippen LogP contribution in [0.4, 0.5) is 0 Å².